The van der Waals surface area contributed by atoms with Crippen LogP contribution in [0, 0.1) is 12.3 Å². The van der Waals surface area contributed by atoms with Crippen LogP contribution in [-0.2, 0) is 6.54 Å². The minimum absolute atomic E-state index is 0.136. The van der Waals surface area contributed by atoms with Crippen LogP contribution >= 0.6 is 11.6 Å². The van der Waals surface area contributed by atoms with Crippen molar-refractivity contribution in [3.63, 3.8) is 0 Å². The maximum atomic E-state index is 6.58. The zero-order chi connectivity index (χ0) is 15.9. The van der Waals surface area contributed by atoms with Gasteiger partial charge in [0.15, 0.2) is 0 Å². The summed E-state index contributed by atoms with van der Waals surface area (Å²) in [6, 6.07) is 8.46. The molecule has 1 aromatic carbocycles. The number of nitrogens with two attached hydrogens (primary N) is 1. The minimum atomic E-state index is 0.136. The summed E-state index contributed by atoms with van der Waals surface area (Å²) in [5, 5.41) is 1.93. The van der Waals surface area contributed by atoms with E-state index in [-0.39, 0.29) is 11.5 Å². The highest BCUT2D eigenvalue weighted by atomic mass is 35.5. The predicted octanol–water partition coefficient (Wildman–Crippen LogP) is 3.76. The van der Waals surface area contributed by atoms with E-state index in [1.165, 1.54) is 0 Å². The van der Waals surface area contributed by atoms with Crippen LogP contribution in [0.3, 0.4) is 0 Å². The normalized spacial score (nSPS) is 22.1. The molecular formula is C18H24ClN3. The van der Waals surface area contributed by atoms with Crippen molar-refractivity contribution >= 4 is 22.5 Å². The molecule has 2 heterocycles. The lowest BCUT2D eigenvalue weighted by Gasteiger charge is -2.42. The summed E-state index contributed by atoms with van der Waals surface area (Å²) >= 11 is 6.58. The number of hydrogen-bond acceptors (Lipinski definition) is 3. The van der Waals surface area contributed by atoms with Crippen LogP contribution in [0.15, 0.2) is 24.3 Å². The Morgan fingerprint density at radius 3 is 2.82 bits per heavy atom. The fourth-order valence-electron chi connectivity index (χ4n) is 3.35. The number of para-hydroxylation sites is 1. The van der Waals surface area contributed by atoms with Gasteiger partial charge >= 0.3 is 0 Å². The summed E-state index contributed by atoms with van der Waals surface area (Å²) in [4.78, 5) is 7.21. The zero-order valence-electron chi connectivity index (χ0n) is 13.6. The monoisotopic (exact) mass is 317 g/mol. The van der Waals surface area contributed by atoms with Crippen LogP contribution in [0.5, 0.6) is 0 Å². The Morgan fingerprint density at radius 2 is 2.09 bits per heavy atom. The van der Waals surface area contributed by atoms with Crippen LogP contribution < -0.4 is 5.73 Å². The van der Waals surface area contributed by atoms with Gasteiger partial charge in [-0.1, -0.05) is 43.6 Å². The highest BCUT2D eigenvalue weighted by molar-refractivity contribution is 6.32. The predicted molar refractivity (Wildman–Crippen MR) is 93.1 cm³/mol. The Bertz CT molecular complexity index is 696. The summed E-state index contributed by atoms with van der Waals surface area (Å²) in [6.07, 6.45) is 1.02. The summed E-state index contributed by atoms with van der Waals surface area (Å²) in [5.41, 5.74) is 9.48. The maximum Gasteiger partial charge on any atom is 0.0740 e. The first kappa shape index (κ1) is 15.7. The molecule has 4 heteroatoms. The molecule has 118 valence electrons. The molecule has 0 bridgehead atoms. The quantitative estimate of drug-likeness (QED) is 0.917. The third-order valence-corrected chi connectivity index (χ3v) is 5.41. The lowest BCUT2D eigenvalue weighted by molar-refractivity contribution is 0.0890. The number of fused-ring (bicyclic) bond motifs is 1. The number of aryl methyl sites for hydroxylation is 1. The molecule has 0 saturated carbocycles. The van der Waals surface area contributed by atoms with E-state index in [1.54, 1.807) is 0 Å². The number of likely N-dealkylation sites (tertiary alicyclic amines) is 1. The first-order valence-electron chi connectivity index (χ1n) is 7.90. The molecule has 1 atom stereocenters. The molecule has 0 spiro atoms. The lowest BCUT2D eigenvalue weighted by atomic mass is 9.79. The number of aromatic nitrogens is 1. The van der Waals surface area contributed by atoms with Crippen LogP contribution in [-0.4, -0.2) is 29.0 Å². The third-order valence-electron chi connectivity index (χ3n) is 4.91. The number of nitrogens with zero attached hydrogens (tertiary/aromatic N) is 2. The largest absolute Gasteiger partial charge is 0.327 e. The second-order valence-corrected chi connectivity index (χ2v) is 7.49. The molecule has 0 aliphatic carbocycles. The van der Waals surface area contributed by atoms with E-state index in [4.69, 9.17) is 22.3 Å². The number of benzene rings is 1. The Morgan fingerprint density at radius 1 is 1.36 bits per heavy atom. The Balaban J connectivity index is 1.90. The topological polar surface area (TPSA) is 42.1 Å². The van der Waals surface area contributed by atoms with Crippen LogP contribution in [0.2, 0.25) is 5.02 Å². The van der Waals surface area contributed by atoms with E-state index >= 15 is 0 Å². The first-order chi connectivity index (χ1) is 10.4. The van der Waals surface area contributed by atoms with Crippen LogP contribution in [0.4, 0.5) is 0 Å². The molecule has 0 radical (unpaired) electrons. The van der Waals surface area contributed by atoms with Crippen molar-refractivity contribution in [2.45, 2.75) is 39.8 Å². The van der Waals surface area contributed by atoms with Gasteiger partial charge in [-0.2, -0.15) is 0 Å². The van der Waals surface area contributed by atoms with E-state index in [0.29, 0.717) is 0 Å². The molecule has 1 fully saturated rings. The van der Waals surface area contributed by atoms with Crippen molar-refractivity contribution < 1.29 is 0 Å². The van der Waals surface area contributed by atoms with Gasteiger partial charge in [-0.05, 0) is 30.4 Å². The highest BCUT2D eigenvalue weighted by Crippen LogP contribution is 2.31. The fourth-order valence-corrected chi connectivity index (χ4v) is 3.56. The van der Waals surface area contributed by atoms with Gasteiger partial charge in [0, 0.05) is 31.1 Å². The SMILES string of the molecule is Cc1c(Cl)c(CN2CCC(N)C(C)(C)C2)nc2ccccc12. The number of piperidine rings is 1. The fraction of sp³-hybridized carbons (Fsp3) is 0.500. The summed E-state index contributed by atoms with van der Waals surface area (Å²) in [7, 11) is 0. The molecule has 2 aromatic rings. The standard InChI is InChI=1S/C18H24ClN3/c1-12-13-6-4-5-7-14(13)21-15(17(12)19)10-22-9-8-16(20)18(2,3)11-22/h4-7,16H,8-11,20H2,1-3H3. The van der Waals surface area contributed by atoms with Gasteiger partial charge in [0.1, 0.15) is 0 Å². The molecule has 1 aromatic heterocycles. The van der Waals surface area contributed by atoms with Crippen molar-refractivity contribution in [1.29, 1.82) is 0 Å². The van der Waals surface area contributed by atoms with Gasteiger partial charge in [-0.15, -0.1) is 0 Å². The van der Waals surface area contributed by atoms with Crippen molar-refractivity contribution in [2.24, 2.45) is 11.1 Å². The Kier molecular flexibility index (Phi) is 4.15. The molecule has 1 unspecified atom stereocenters. The molecule has 1 aliphatic rings. The van der Waals surface area contributed by atoms with Crippen LogP contribution in [0.1, 0.15) is 31.5 Å². The average molecular weight is 318 g/mol. The number of rotatable bonds is 2. The summed E-state index contributed by atoms with van der Waals surface area (Å²) < 4.78 is 0. The van der Waals surface area contributed by atoms with Gasteiger partial charge in [0.2, 0.25) is 0 Å². The second kappa shape index (κ2) is 5.80. The maximum absolute atomic E-state index is 6.58. The molecule has 3 rings (SSSR count). The van der Waals surface area contributed by atoms with Crippen molar-refractivity contribution in [3.05, 3.63) is 40.5 Å². The molecule has 0 amide bonds. The third kappa shape index (κ3) is 2.85. The number of halogens is 1. The first-order valence-corrected chi connectivity index (χ1v) is 8.28. The smallest absolute Gasteiger partial charge is 0.0740 e. The van der Waals surface area contributed by atoms with E-state index < -0.39 is 0 Å². The second-order valence-electron chi connectivity index (χ2n) is 7.11. The van der Waals surface area contributed by atoms with Gasteiger partial charge in [-0.25, -0.2) is 4.98 Å². The Hall–Kier alpha value is -1.16. The van der Waals surface area contributed by atoms with Gasteiger partial charge < -0.3 is 5.73 Å². The van der Waals surface area contributed by atoms with E-state index in [0.717, 1.165) is 53.2 Å². The van der Waals surface area contributed by atoms with Crippen molar-refractivity contribution in [2.75, 3.05) is 13.1 Å². The minimum Gasteiger partial charge on any atom is -0.327 e. The molecule has 22 heavy (non-hydrogen) atoms. The molecule has 3 nitrogen and oxygen atoms in total. The molecule has 1 saturated heterocycles. The van der Waals surface area contributed by atoms with Crippen LogP contribution in [0.25, 0.3) is 10.9 Å². The summed E-state index contributed by atoms with van der Waals surface area (Å²) in [5.74, 6) is 0. The molecule has 2 N–H and O–H groups in total. The lowest BCUT2D eigenvalue weighted by Crippen LogP contribution is -2.52. The summed E-state index contributed by atoms with van der Waals surface area (Å²) in [6.45, 7) is 9.34. The van der Waals surface area contributed by atoms with E-state index in [9.17, 15) is 0 Å². The average Bonchev–Trinajstić information content (AvgIpc) is 2.48. The van der Waals surface area contributed by atoms with Gasteiger partial charge in [-0.3, -0.25) is 4.90 Å². The number of hydrogen-bond donors (Lipinski definition) is 1. The van der Waals surface area contributed by atoms with Crippen molar-refractivity contribution in [1.82, 2.24) is 9.88 Å². The Labute approximate surface area is 137 Å². The highest BCUT2D eigenvalue weighted by Gasteiger charge is 2.33. The van der Waals surface area contributed by atoms with Gasteiger partial charge in [0.25, 0.3) is 0 Å². The van der Waals surface area contributed by atoms with E-state index in [2.05, 4.69) is 37.8 Å². The van der Waals surface area contributed by atoms with E-state index in [1.807, 2.05) is 12.1 Å². The number of pyridine rings is 1. The van der Waals surface area contributed by atoms with Gasteiger partial charge in [0.05, 0.1) is 16.2 Å². The zero-order valence-corrected chi connectivity index (χ0v) is 14.3. The van der Waals surface area contributed by atoms with Crippen molar-refractivity contribution in [3.8, 4) is 0 Å². The molecular weight excluding hydrogens is 294 g/mol. The molecule has 1 aliphatic heterocycles.